The quantitative estimate of drug-likeness (QED) is 0.152. The Balaban J connectivity index is 0.00000497. The molecule has 0 bridgehead atoms. The van der Waals surface area contributed by atoms with Crippen molar-refractivity contribution in [2.75, 3.05) is 59.4 Å². The molecule has 1 unspecified atom stereocenters. The number of hydrogen-bond donors (Lipinski definition) is 1. The zero-order chi connectivity index (χ0) is 37.0. The number of benzene rings is 4. The summed E-state index contributed by atoms with van der Waals surface area (Å²) in [5.41, 5.74) is 6.06. The Kier molecular flexibility index (Phi) is 11.9. The van der Waals surface area contributed by atoms with Gasteiger partial charge < -0.3 is 39.4 Å². The van der Waals surface area contributed by atoms with E-state index < -0.39 is 0 Å². The smallest absolute Gasteiger partial charge is 0.338 e. The SMILES string of the molecule is COC(=O)c1ccccc1Cn1c(NC2CCN(CCC3(c4ccccc4)CCN(C(=O)c4cc(C)c(OC)c(OC)c4)C3)CC2)nc2ccccc21.O. The lowest BCUT2D eigenvalue weighted by molar-refractivity contribution is 0.0599. The molecule has 2 saturated heterocycles. The molecular formula is C43H51N5O6. The summed E-state index contributed by atoms with van der Waals surface area (Å²) in [7, 11) is 4.64. The fraction of sp³-hybridized carbons (Fsp3) is 0.372. The van der Waals surface area contributed by atoms with Gasteiger partial charge >= 0.3 is 5.97 Å². The van der Waals surface area contributed by atoms with Gasteiger partial charge in [0.15, 0.2) is 11.5 Å². The number of aromatic nitrogens is 2. The molecule has 0 aliphatic carbocycles. The lowest BCUT2D eigenvalue weighted by Gasteiger charge is -2.36. The van der Waals surface area contributed by atoms with Crippen molar-refractivity contribution in [3.63, 3.8) is 0 Å². The maximum Gasteiger partial charge on any atom is 0.338 e. The first kappa shape index (κ1) is 38.3. The number of nitrogens with zero attached hydrogens (tertiary/aromatic N) is 4. The van der Waals surface area contributed by atoms with Crippen LogP contribution in [0, 0.1) is 6.92 Å². The van der Waals surface area contributed by atoms with Crippen LogP contribution >= 0.6 is 0 Å². The summed E-state index contributed by atoms with van der Waals surface area (Å²) >= 11 is 0. The number of piperidine rings is 1. The Hall–Kier alpha value is -5.39. The molecular weight excluding hydrogens is 683 g/mol. The number of aryl methyl sites for hydroxylation is 1. The number of para-hydroxylation sites is 2. The molecule has 11 nitrogen and oxygen atoms in total. The zero-order valence-electron chi connectivity index (χ0n) is 31.6. The van der Waals surface area contributed by atoms with Crippen molar-refractivity contribution in [2.24, 2.45) is 0 Å². The topological polar surface area (TPSA) is 130 Å². The number of ether oxygens (including phenoxy) is 3. The molecule has 1 atom stereocenters. The van der Waals surface area contributed by atoms with Gasteiger partial charge in [0.1, 0.15) is 0 Å². The van der Waals surface area contributed by atoms with E-state index in [0.29, 0.717) is 42.3 Å². The monoisotopic (exact) mass is 733 g/mol. The van der Waals surface area contributed by atoms with Gasteiger partial charge in [-0.3, -0.25) is 4.79 Å². The van der Waals surface area contributed by atoms with Gasteiger partial charge in [-0.05, 0) is 86.2 Å². The second-order valence-corrected chi connectivity index (χ2v) is 14.3. The van der Waals surface area contributed by atoms with E-state index in [-0.39, 0.29) is 28.8 Å². The van der Waals surface area contributed by atoms with Crippen molar-refractivity contribution in [2.45, 2.75) is 50.6 Å². The number of imidazole rings is 1. The van der Waals surface area contributed by atoms with E-state index in [2.05, 4.69) is 51.2 Å². The van der Waals surface area contributed by atoms with Crippen LogP contribution in [-0.2, 0) is 16.7 Å². The van der Waals surface area contributed by atoms with Crippen LogP contribution in [0.15, 0.2) is 91.0 Å². The Morgan fingerprint density at radius 3 is 2.35 bits per heavy atom. The highest BCUT2D eigenvalue weighted by molar-refractivity contribution is 5.95. The summed E-state index contributed by atoms with van der Waals surface area (Å²) < 4.78 is 18.3. The molecule has 5 aromatic rings. The average Bonchev–Trinajstić information content (AvgIpc) is 3.79. The number of fused-ring (bicyclic) bond motifs is 1. The van der Waals surface area contributed by atoms with Crippen LogP contribution in [0.1, 0.15) is 63.1 Å². The molecule has 0 spiro atoms. The Bertz CT molecular complexity index is 2080. The Morgan fingerprint density at radius 1 is 0.889 bits per heavy atom. The van der Waals surface area contributed by atoms with E-state index in [9.17, 15) is 9.59 Å². The predicted octanol–water partition coefficient (Wildman–Crippen LogP) is 6.12. The number of methoxy groups -OCH3 is 3. The summed E-state index contributed by atoms with van der Waals surface area (Å²) in [5.74, 6) is 1.73. The number of amides is 1. The Morgan fingerprint density at radius 2 is 1.61 bits per heavy atom. The minimum atomic E-state index is -0.342. The molecule has 1 aromatic heterocycles. The lowest BCUT2D eigenvalue weighted by Crippen LogP contribution is -2.42. The Labute approximate surface area is 317 Å². The van der Waals surface area contributed by atoms with Crippen molar-refractivity contribution in [1.82, 2.24) is 19.4 Å². The molecule has 3 N–H and O–H groups in total. The van der Waals surface area contributed by atoms with Gasteiger partial charge in [0.05, 0.1) is 44.5 Å². The van der Waals surface area contributed by atoms with Crippen LogP contribution in [0.3, 0.4) is 0 Å². The van der Waals surface area contributed by atoms with Crippen LogP contribution in [-0.4, -0.2) is 96.8 Å². The van der Waals surface area contributed by atoms with Gasteiger partial charge in [-0.15, -0.1) is 0 Å². The molecule has 0 radical (unpaired) electrons. The summed E-state index contributed by atoms with van der Waals surface area (Å²) in [6, 6.07) is 30.4. The van der Waals surface area contributed by atoms with Crippen molar-refractivity contribution < 1.29 is 29.3 Å². The molecule has 54 heavy (non-hydrogen) atoms. The van der Waals surface area contributed by atoms with E-state index in [4.69, 9.17) is 19.2 Å². The number of likely N-dealkylation sites (tertiary alicyclic amines) is 2. The minimum Gasteiger partial charge on any atom is -0.493 e. The normalized spacial score (nSPS) is 17.6. The molecule has 0 saturated carbocycles. The highest BCUT2D eigenvalue weighted by Gasteiger charge is 2.42. The van der Waals surface area contributed by atoms with Gasteiger partial charge in [-0.2, -0.15) is 0 Å². The van der Waals surface area contributed by atoms with Gasteiger partial charge in [0.2, 0.25) is 5.95 Å². The van der Waals surface area contributed by atoms with Crippen LogP contribution in [0.5, 0.6) is 11.5 Å². The number of anilines is 1. The summed E-state index contributed by atoms with van der Waals surface area (Å²) in [5, 5.41) is 3.77. The standard InChI is InChI=1S/C43H49N5O5.H2O/c1-30-26-32(27-38(51-2)39(30)52-3)40(49)47-25-21-43(29-47,33-13-6-5-7-14-33)20-24-46-22-18-34(19-23-46)44-42-45-36-16-10-11-17-37(36)48(42)28-31-12-8-9-15-35(31)41(50)53-4;/h5-17,26-27,34H,18-25,28-29H2,1-4H3,(H,44,45);1H2. The second kappa shape index (κ2) is 16.7. The molecule has 7 rings (SSSR count). The molecule has 1 amide bonds. The number of carbonyl (C=O) groups excluding carboxylic acids is 2. The first-order chi connectivity index (χ1) is 25.8. The van der Waals surface area contributed by atoms with E-state index in [1.165, 1.54) is 12.7 Å². The number of nitrogens with one attached hydrogen (secondary N) is 1. The minimum absolute atomic E-state index is 0. The number of carbonyl (C=O) groups is 2. The number of esters is 1. The molecule has 11 heteroatoms. The zero-order valence-corrected chi connectivity index (χ0v) is 31.6. The molecule has 2 aliphatic heterocycles. The van der Waals surface area contributed by atoms with Gasteiger partial charge in [0, 0.05) is 43.2 Å². The van der Waals surface area contributed by atoms with Crippen molar-refractivity contribution >= 4 is 28.9 Å². The van der Waals surface area contributed by atoms with Crippen LogP contribution in [0.25, 0.3) is 11.0 Å². The van der Waals surface area contributed by atoms with Crippen molar-refractivity contribution in [3.05, 3.63) is 119 Å². The maximum atomic E-state index is 13.9. The summed E-state index contributed by atoms with van der Waals surface area (Å²) in [4.78, 5) is 36.0. The molecule has 2 fully saturated rings. The van der Waals surface area contributed by atoms with Crippen molar-refractivity contribution in [1.29, 1.82) is 0 Å². The van der Waals surface area contributed by atoms with E-state index >= 15 is 0 Å². The molecule has 4 aromatic carbocycles. The predicted molar refractivity (Wildman–Crippen MR) is 211 cm³/mol. The molecule has 2 aliphatic rings. The molecule has 3 heterocycles. The van der Waals surface area contributed by atoms with E-state index in [1.807, 2.05) is 60.4 Å². The van der Waals surface area contributed by atoms with Gasteiger partial charge in [-0.1, -0.05) is 60.7 Å². The fourth-order valence-electron chi connectivity index (χ4n) is 8.22. The first-order valence-corrected chi connectivity index (χ1v) is 18.5. The van der Waals surface area contributed by atoms with E-state index in [0.717, 1.165) is 73.4 Å². The average molecular weight is 734 g/mol. The third kappa shape index (κ3) is 7.78. The third-order valence-corrected chi connectivity index (χ3v) is 11.2. The van der Waals surface area contributed by atoms with Gasteiger partial charge in [0.25, 0.3) is 5.91 Å². The highest BCUT2D eigenvalue weighted by Crippen LogP contribution is 2.40. The lowest BCUT2D eigenvalue weighted by atomic mass is 9.76. The number of rotatable bonds is 12. The van der Waals surface area contributed by atoms with Crippen LogP contribution in [0.4, 0.5) is 5.95 Å². The first-order valence-electron chi connectivity index (χ1n) is 18.5. The van der Waals surface area contributed by atoms with Crippen molar-refractivity contribution in [3.8, 4) is 11.5 Å². The third-order valence-electron chi connectivity index (χ3n) is 11.2. The van der Waals surface area contributed by atoms with Crippen LogP contribution < -0.4 is 14.8 Å². The van der Waals surface area contributed by atoms with E-state index in [1.54, 1.807) is 20.3 Å². The maximum absolute atomic E-state index is 13.9. The fourth-order valence-corrected chi connectivity index (χ4v) is 8.22. The van der Waals surface area contributed by atoms with Gasteiger partial charge in [-0.25, -0.2) is 9.78 Å². The number of hydrogen-bond acceptors (Lipinski definition) is 8. The largest absolute Gasteiger partial charge is 0.493 e. The summed E-state index contributed by atoms with van der Waals surface area (Å²) in [6.45, 7) is 6.73. The van der Waals surface area contributed by atoms with Crippen LogP contribution in [0.2, 0.25) is 0 Å². The highest BCUT2D eigenvalue weighted by atomic mass is 16.5. The summed E-state index contributed by atoms with van der Waals surface area (Å²) in [6.07, 6.45) is 3.87. The molecule has 284 valence electrons. The second-order valence-electron chi connectivity index (χ2n) is 14.3.